The molecule has 0 bridgehead atoms. The zero-order chi connectivity index (χ0) is 36.6. The van der Waals surface area contributed by atoms with Crippen LogP contribution in [0.25, 0.3) is 11.3 Å². The van der Waals surface area contributed by atoms with Crippen LogP contribution >= 0.6 is 0 Å². The fourth-order valence-electron chi connectivity index (χ4n) is 5.21. The maximum absolute atomic E-state index is 13.7. The van der Waals surface area contributed by atoms with E-state index in [9.17, 15) is 24.3 Å². The Labute approximate surface area is 293 Å². The van der Waals surface area contributed by atoms with Crippen LogP contribution in [0.15, 0.2) is 73.2 Å². The Morgan fingerprint density at radius 1 is 0.820 bits per heavy atom. The third-order valence-electron chi connectivity index (χ3n) is 8.31. The van der Waals surface area contributed by atoms with E-state index >= 15 is 0 Å². The van der Waals surface area contributed by atoms with E-state index in [0.717, 1.165) is 16.7 Å². The highest BCUT2D eigenvalue weighted by molar-refractivity contribution is 5.86. The fourth-order valence-corrected chi connectivity index (χ4v) is 5.21. The number of alkyl carbamates (subject to hydrolysis) is 2. The van der Waals surface area contributed by atoms with Gasteiger partial charge in [0.2, 0.25) is 5.91 Å². The second kappa shape index (κ2) is 19.8. The standard InChI is InChI=1S/C36H49N7O7/c1-7-24(4)32(41-36(48)50-6)34(46)42-43(21-26-13-15-27(16-14-26)29-20-37-17-18-38-29)22-30(44)28(19-25-11-9-8-10-12-25)39-33(45)31(23(2)3)40-35(47)49-5/h8-18,20,23-24,28,30-32,44H,7,19,21-22H2,1-6H3,(H,39,45)(H,40,47)(H,41,48)(H,42,46)/t24-,28-,30-,31-,32-/m0/s1. The number of carbonyl (C=O) groups is 4. The van der Waals surface area contributed by atoms with Crippen LogP contribution in [-0.2, 0) is 32.0 Å². The number of carbonyl (C=O) groups excluding carboxylic acids is 4. The second-order valence-corrected chi connectivity index (χ2v) is 12.4. The summed E-state index contributed by atoms with van der Waals surface area (Å²) in [6, 6.07) is 14.2. The quantitative estimate of drug-likeness (QED) is 0.132. The summed E-state index contributed by atoms with van der Waals surface area (Å²) >= 11 is 0. The van der Waals surface area contributed by atoms with Crippen LogP contribution in [-0.4, -0.2) is 89.1 Å². The van der Waals surface area contributed by atoms with Crippen molar-refractivity contribution in [2.24, 2.45) is 11.8 Å². The molecule has 14 nitrogen and oxygen atoms in total. The van der Waals surface area contributed by atoms with Gasteiger partial charge >= 0.3 is 12.2 Å². The maximum atomic E-state index is 13.7. The number of ether oxygens (including phenoxy) is 2. The van der Waals surface area contributed by atoms with Crippen molar-refractivity contribution < 1.29 is 33.8 Å². The number of amides is 4. The van der Waals surface area contributed by atoms with Crippen LogP contribution in [0.1, 0.15) is 45.2 Å². The van der Waals surface area contributed by atoms with Crippen molar-refractivity contribution in [2.75, 3.05) is 20.8 Å². The van der Waals surface area contributed by atoms with Crippen molar-refractivity contribution in [3.05, 3.63) is 84.3 Å². The Kier molecular flexibility index (Phi) is 15.6. The van der Waals surface area contributed by atoms with Gasteiger partial charge in [-0.25, -0.2) is 14.6 Å². The van der Waals surface area contributed by atoms with Gasteiger partial charge in [-0.3, -0.25) is 25.0 Å². The molecule has 14 heteroatoms. The molecular formula is C36H49N7O7. The number of aliphatic hydroxyl groups excluding tert-OH is 1. The molecule has 5 N–H and O–H groups in total. The molecule has 0 fully saturated rings. The third kappa shape index (κ3) is 12.1. The first-order chi connectivity index (χ1) is 23.9. The molecular weight excluding hydrogens is 642 g/mol. The van der Waals surface area contributed by atoms with Crippen molar-refractivity contribution in [3.8, 4) is 11.3 Å². The summed E-state index contributed by atoms with van der Waals surface area (Å²) in [5, 5.41) is 21.4. The monoisotopic (exact) mass is 691 g/mol. The molecule has 50 heavy (non-hydrogen) atoms. The van der Waals surface area contributed by atoms with Gasteiger partial charge in [-0.2, -0.15) is 0 Å². The highest BCUT2D eigenvalue weighted by atomic mass is 16.5. The highest BCUT2D eigenvalue weighted by Crippen LogP contribution is 2.18. The minimum Gasteiger partial charge on any atom is -0.453 e. The van der Waals surface area contributed by atoms with Gasteiger partial charge < -0.3 is 30.5 Å². The number of hydrogen-bond acceptors (Lipinski definition) is 10. The Balaban J connectivity index is 1.93. The topological polar surface area (TPSA) is 184 Å². The smallest absolute Gasteiger partial charge is 0.407 e. The van der Waals surface area contributed by atoms with Gasteiger partial charge in [-0.05, 0) is 29.4 Å². The summed E-state index contributed by atoms with van der Waals surface area (Å²) in [4.78, 5) is 59.9. The van der Waals surface area contributed by atoms with Crippen molar-refractivity contribution in [3.63, 3.8) is 0 Å². The average Bonchev–Trinajstić information content (AvgIpc) is 3.12. The van der Waals surface area contributed by atoms with Crippen LogP contribution in [0.5, 0.6) is 0 Å². The molecule has 0 saturated heterocycles. The molecule has 0 unspecified atom stereocenters. The third-order valence-corrected chi connectivity index (χ3v) is 8.31. The van der Waals surface area contributed by atoms with E-state index in [1.165, 1.54) is 14.2 Å². The summed E-state index contributed by atoms with van der Waals surface area (Å²) in [6.07, 6.45) is 3.00. The lowest BCUT2D eigenvalue weighted by atomic mass is 9.98. The van der Waals surface area contributed by atoms with E-state index in [1.807, 2.05) is 68.4 Å². The first-order valence-corrected chi connectivity index (χ1v) is 16.6. The van der Waals surface area contributed by atoms with Crippen molar-refractivity contribution in [1.82, 2.24) is 36.4 Å². The van der Waals surface area contributed by atoms with Gasteiger partial charge in [-0.15, -0.1) is 0 Å². The average molecular weight is 692 g/mol. The van der Waals surface area contributed by atoms with Crippen molar-refractivity contribution in [1.29, 1.82) is 0 Å². The zero-order valence-electron chi connectivity index (χ0n) is 29.5. The molecule has 3 rings (SSSR count). The van der Waals surface area contributed by atoms with Gasteiger partial charge in [0.1, 0.15) is 12.1 Å². The van der Waals surface area contributed by atoms with Crippen molar-refractivity contribution in [2.45, 2.75) is 71.3 Å². The number of aromatic nitrogens is 2. The Morgan fingerprint density at radius 2 is 1.46 bits per heavy atom. The van der Waals surface area contributed by atoms with Crippen LogP contribution in [0.2, 0.25) is 0 Å². The summed E-state index contributed by atoms with van der Waals surface area (Å²) in [7, 11) is 2.44. The molecule has 0 spiro atoms. The van der Waals surface area contributed by atoms with Gasteiger partial charge in [0.05, 0.1) is 38.3 Å². The molecule has 270 valence electrons. The fraction of sp³-hybridized carbons (Fsp3) is 0.444. The Bertz CT molecular complexity index is 1510. The second-order valence-electron chi connectivity index (χ2n) is 12.4. The summed E-state index contributed by atoms with van der Waals surface area (Å²) < 4.78 is 9.48. The van der Waals surface area contributed by atoms with Crippen LogP contribution in [0.3, 0.4) is 0 Å². The molecule has 5 atom stereocenters. The van der Waals surface area contributed by atoms with E-state index in [-0.39, 0.29) is 31.3 Å². The lowest BCUT2D eigenvalue weighted by Gasteiger charge is -2.33. The summed E-state index contributed by atoms with van der Waals surface area (Å²) in [6.45, 7) is 7.36. The number of hydrazine groups is 1. The molecule has 1 aromatic heterocycles. The predicted molar refractivity (Wildman–Crippen MR) is 187 cm³/mol. The minimum absolute atomic E-state index is 0.113. The predicted octanol–water partition coefficient (Wildman–Crippen LogP) is 3.22. The van der Waals surface area contributed by atoms with Crippen LogP contribution < -0.4 is 21.4 Å². The Hall–Kier alpha value is -5.08. The molecule has 2 aromatic carbocycles. The molecule has 0 aliphatic carbocycles. The SMILES string of the molecule is CC[C@H](C)[C@H](NC(=O)OC)C(=O)NN(Cc1ccc(-c2cnccn2)cc1)C[C@H](O)[C@H](Cc1ccccc1)NC(=O)[C@@H](NC(=O)OC)C(C)C. The van der Waals surface area contributed by atoms with E-state index in [1.54, 1.807) is 37.4 Å². The number of benzene rings is 2. The first-order valence-electron chi connectivity index (χ1n) is 16.6. The minimum atomic E-state index is -1.21. The molecule has 0 aliphatic rings. The number of nitrogens with one attached hydrogen (secondary N) is 4. The Morgan fingerprint density at radius 3 is 2.02 bits per heavy atom. The number of hydrogen-bond donors (Lipinski definition) is 5. The van der Waals surface area contributed by atoms with E-state index in [0.29, 0.717) is 12.1 Å². The lowest BCUT2D eigenvalue weighted by Crippen LogP contribution is -2.59. The van der Waals surface area contributed by atoms with E-state index < -0.39 is 48.2 Å². The largest absolute Gasteiger partial charge is 0.453 e. The number of aliphatic hydroxyl groups is 1. The van der Waals surface area contributed by atoms with Gasteiger partial charge in [0.15, 0.2) is 0 Å². The lowest BCUT2D eigenvalue weighted by molar-refractivity contribution is -0.131. The molecule has 1 heterocycles. The molecule has 3 aromatic rings. The van der Waals surface area contributed by atoms with Crippen LogP contribution in [0.4, 0.5) is 9.59 Å². The normalized spacial score (nSPS) is 14.1. The van der Waals surface area contributed by atoms with Gasteiger partial charge in [0, 0.05) is 31.0 Å². The highest BCUT2D eigenvalue weighted by Gasteiger charge is 2.32. The molecule has 0 aliphatic heterocycles. The molecule has 0 saturated carbocycles. The van der Waals surface area contributed by atoms with Crippen molar-refractivity contribution >= 4 is 24.0 Å². The number of nitrogens with zero attached hydrogens (tertiary/aromatic N) is 3. The number of methoxy groups -OCH3 is 2. The van der Waals surface area contributed by atoms with E-state index in [2.05, 4.69) is 31.3 Å². The first kappa shape index (κ1) is 39.4. The molecule has 0 radical (unpaired) electrons. The number of rotatable bonds is 17. The maximum Gasteiger partial charge on any atom is 0.407 e. The summed E-state index contributed by atoms with van der Waals surface area (Å²) in [5.74, 6) is -1.53. The zero-order valence-corrected chi connectivity index (χ0v) is 29.5. The van der Waals surface area contributed by atoms with E-state index in [4.69, 9.17) is 9.47 Å². The molecule has 4 amide bonds. The van der Waals surface area contributed by atoms with Gasteiger partial charge in [-0.1, -0.05) is 88.7 Å². The van der Waals surface area contributed by atoms with Gasteiger partial charge in [0.25, 0.3) is 5.91 Å². The van der Waals surface area contributed by atoms with Crippen LogP contribution in [0, 0.1) is 11.8 Å². The summed E-state index contributed by atoms with van der Waals surface area (Å²) in [5.41, 5.74) is 6.10.